The maximum Gasteiger partial charge on any atom is 0.472 e. The predicted octanol–water partition coefficient (Wildman–Crippen LogP) is 23.1. The van der Waals surface area contributed by atoms with E-state index in [1.165, 1.54) is 225 Å². The summed E-state index contributed by atoms with van der Waals surface area (Å²) in [7, 11) is -9.91. The zero-order chi connectivity index (χ0) is 71.4. The van der Waals surface area contributed by atoms with Crippen LogP contribution in [0.4, 0.5) is 0 Å². The van der Waals surface area contributed by atoms with E-state index >= 15 is 0 Å². The number of hydrogen-bond donors (Lipinski definition) is 3. The van der Waals surface area contributed by atoms with Crippen LogP contribution in [0.2, 0.25) is 0 Å². The molecule has 0 fully saturated rings. The molecular weight excluding hydrogens is 1270 g/mol. The van der Waals surface area contributed by atoms with E-state index in [-0.39, 0.29) is 25.7 Å². The van der Waals surface area contributed by atoms with Gasteiger partial charge in [0.05, 0.1) is 26.4 Å². The van der Waals surface area contributed by atoms with Crippen molar-refractivity contribution in [2.24, 2.45) is 11.8 Å². The molecule has 17 nitrogen and oxygen atoms in total. The van der Waals surface area contributed by atoms with E-state index in [1.54, 1.807) is 0 Å². The van der Waals surface area contributed by atoms with Crippen LogP contribution in [0, 0.1) is 11.8 Å². The summed E-state index contributed by atoms with van der Waals surface area (Å²) < 4.78 is 68.6. The topological polar surface area (TPSA) is 237 Å². The van der Waals surface area contributed by atoms with Crippen molar-refractivity contribution < 1.29 is 80.2 Å². The molecule has 0 aliphatic rings. The molecule has 0 aromatic heterocycles. The third-order valence-corrected chi connectivity index (χ3v) is 20.1. The number of esters is 4. The second-order valence-electron chi connectivity index (χ2n) is 29.1. The van der Waals surface area contributed by atoms with Crippen LogP contribution in [0.15, 0.2) is 0 Å². The van der Waals surface area contributed by atoms with Gasteiger partial charge in [-0.15, -0.1) is 0 Å². The van der Waals surface area contributed by atoms with Crippen molar-refractivity contribution in [1.29, 1.82) is 0 Å². The smallest absolute Gasteiger partial charge is 0.462 e. The fourth-order valence-corrected chi connectivity index (χ4v) is 13.6. The maximum atomic E-state index is 13.1. The highest BCUT2D eigenvalue weighted by Gasteiger charge is 2.30. The summed E-state index contributed by atoms with van der Waals surface area (Å²) in [5.74, 6) is -0.651. The Morgan fingerprint density at radius 2 is 0.474 bits per heavy atom. The van der Waals surface area contributed by atoms with Crippen molar-refractivity contribution in [1.82, 2.24) is 0 Å². The molecule has 2 unspecified atom stereocenters. The van der Waals surface area contributed by atoms with Gasteiger partial charge in [0.1, 0.15) is 19.3 Å². The minimum atomic E-state index is -4.96. The molecule has 5 atom stereocenters. The second-order valence-corrected chi connectivity index (χ2v) is 32.0. The lowest BCUT2D eigenvalue weighted by molar-refractivity contribution is -0.161. The Hall–Kier alpha value is -1.94. The quantitative estimate of drug-likeness (QED) is 0.0222. The van der Waals surface area contributed by atoms with E-state index in [0.717, 1.165) is 102 Å². The van der Waals surface area contributed by atoms with Crippen LogP contribution in [0.25, 0.3) is 0 Å². The molecule has 576 valence electrons. The number of aliphatic hydroxyl groups excluding tert-OH is 1. The zero-order valence-electron chi connectivity index (χ0n) is 63.4. The van der Waals surface area contributed by atoms with Gasteiger partial charge in [-0.3, -0.25) is 37.3 Å². The Labute approximate surface area is 594 Å². The van der Waals surface area contributed by atoms with Crippen LogP contribution in [0.5, 0.6) is 0 Å². The SMILES string of the molecule is CCCCCCCCCCCCCCCCCCCCCCC(=O)O[C@H](COC(=O)CCCCCCCCCCCCCCCC)COP(=O)(O)OC[C@@H](O)COP(=O)(O)OC[C@@H](COC(=O)CCCCCCCCCCC(C)C)OC(=O)CCCCCCCCCCCC(C)C. The summed E-state index contributed by atoms with van der Waals surface area (Å²) in [4.78, 5) is 72.9. The fourth-order valence-electron chi connectivity index (χ4n) is 12.0. The molecule has 0 aliphatic carbocycles. The first-order valence-corrected chi connectivity index (χ1v) is 43.5. The van der Waals surface area contributed by atoms with E-state index in [0.29, 0.717) is 25.7 Å². The van der Waals surface area contributed by atoms with Crippen LogP contribution in [-0.2, 0) is 65.4 Å². The van der Waals surface area contributed by atoms with Crippen LogP contribution in [-0.4, -0.2) is 96.7 Å². The molecule has 0 aliphatic heterocycles. The van der Waals surface area contributed by atoms with Crippen molar-refractivity contribution in [3.05, 3.63) is 0 Å². The highest BCUT2D eigenvalue weighted by molar-refractivity contribution is 7.47. The number of unbranched alkanes of at least 4 members (excludes halogenated alkanes) is 47. The van der Waals surface area contributed by atoms with Crippen LogP contribution in [0.1, 0.15) is 408 Å². The van der Waals surface area contributed by atoms with Gasteiger partial charge in [-0.2, -0.15) is 0 Å². The standard InChI is InChI=1S/C78H152O17P2/c1-7-9-11-13-15-17-19-21-23-24-25-26-27-28-30-32-36-44-50-56-62-77(82)94-73(66-88-75(80)60-54-48-42-35-31-29-22-20-18-16-14-12-10-8-2)68-92-96(84,85)90-64-72(79)65-91-97(86,87)93-69-74(67-89-76(81)61-55-49-43-39-38-41-47-53-59-71(5)6)95-78(83)63-57-51-45-37-33-34-40-46-52-58-70(3)4/h70-74,79H,7-69H2,1-6H3,(H,84,85)(H,86,87)/t72-,73-,74-/m1/s1. The van der Waals surface area contributed by atoms with Gasteiger partial charge in [-0.25, -0.2) is 9.13 Å². The number of phosphoric acid groups is 2. The maximum absolute atomic E-state index is 13.1. The molecule has 97 heavy (non-hydrogen) atoms. The van der Waals surface area contributed by atoms with Crippen LogP contribution >= 0.6 is 15.6 Å². The monoisotopic (exact) mass is 1420 g/mol. The summed E-state index contributed by atoms with van der Waals surface area (Å²) in [6.07, 6.45) is 58.4. The second kappa shape index (κ2) is 69.8. The number of carbonyl (C=O) groups is 4. The van der Waals surface area contributed by atoms with Gasteiger partial charge in [0.25, 0.3) is 0 Å². The van der Waals surface area contributed by atoms with E-state index < -0.39 is 97.5 Å². The van der Waals surface area contributed by atoms with Crippen LogP contribution < -0.4 is 0 Å². The van der Waals surface area contributed by atoms with Crippen molar-refractivity contribution in [3.8, 4) is 0 Å². The van der Waals surface area contributed by atoms with Gasteiger partial charge in [-0.05, 0) is 37.5 Å². The first-order valence-electron chi connectivity index (χ1n) is 40.5. The Morgan fingerprint density at radius 3 is 0.701 bits per heavy atom. The molecule has 0 aromatic rings. The van der Waals surface area contributed by atoms with Gasteiger partial charge < -0.3 is 33.8 Å². The van der Waals surface area contributed by atoms with Gasteiger partial charge in [-0.1, -0.05) is 356 Å². The molecule has 0 heterocycles. The van der Waals surface area contributed by atoms with Gasteiger partial charge in [0, 0.05) is 25.7 Å². The summed E-state index contributed by atoms with van der Waals surface area (Å²) in [6, 6.07) is 0. The van der Waals surface area contributed by atoms with Crippen molar-refractivity contribution in [2.45, 2.75) is 426 Å². The summed E-state index contributed by atoms with van der Waals surface area (Å²) in [6.45, 7) is 9.55. The first-order chi connectivity index (χ1) is 46.9. The van der Waals surface area contributed by atoms with Crippen LogP contribution in [0.3, 0.4) is 0 Å². The molecule has 0 bridgehead atoms. The minimum Gasteiger partial charge on any atom is -0.462 e. The Morgan fingerprint density at radius 1 is 0.278 bits per heavy atom. The molecule has 0 radical (unpaired) electrons. The number of ether oxygens (including phenoxy) is 4. The lowest BCUT2D eigenvalue weighted by Gasteiger charge is -2.21. The van der Waals surface area contributed by atoms with Gasteiger partial charge in [0.15, 0.2) is 12.2 Å². The number of carbonyl (C=O) groups excluding carboxylic acids is 4. The average molecular weight is 1420 g/mol. The van der Waals surface area contributed by atoms with Crippen molar-refractivity contribution in [2.75, 3.05) is 39.6 Å². The lowest BCUT2D eigenvalue weighted by atomic mass is 10.0. The Balaban J connectivity index is 5.23. The zero-order valence-corrected chi connectivity index (χ0v) is 65.2. The molecule has 0 amide bonds. The van der Waals surface area contributed by atoms with Gasteiger partial charge >= 0.3 is 39.5 Å². The molecule has 0 aromatic carbocycles. The van der Waals surface area contributed by atoms with E-state index in [4.69, 9.17) is 37.0 Å². The van der Waals surface area contributed by atoms with E-state index in [9.17, 15) is 43.2 Å². The fraction of sp³-hybridized carbons (Fsp3) is 0.949. The Kier molecular flexibility index (Phi) is 68.4. The minimum absolute atomic E-state index is 0.105. The predicted molar refractivity (Wildman–Crippen MR) is 395 cm³/mol. The van der Waals surface area contributed by atoms with E-state index in [1.807, 2.05) is 0 Å². The molecule has 0 spiro atoms. The molecule has 19 heteroatoms. The summed E-state index contributed by atoms with van der Waals surface area (Å²) in [5, 5.41) is 10.6. The number of hydrogen-bond acceptors (Lipinski definition) is 15. The third kappa shape index (κ3) is 72.2. The van der Waals surface area contributed by atoms with Gasteiger partial charge in [0.2, 0.25) is 0 Å². The molecule has 0 saturated carbocycles. The molecule has 0 saturated heterocycles. The number of aliphatic hydroxyl groups is 1. The highest BCUT2D eigenvalue weighted by Crippen LogP contribution is 2.45. The summed E-state index contributed by atoms with van der Waals surface area (Å²) >= 11 is 0. The largest absolute Gasteiger partial charge is 0.472 e. The average Bonchev–Trinajstić information content (AvgIpc) is 1.66. The first kappa shape index (κ1) is 95.1. The third-order valence-electron chi connectivity index (χ3n) is 18.2. The Bertz CT molecular complexity index is 1870. The number of phosphoric ester groups is 2. The molecular formula is C78H152O17P2. The normalized spacial score (nSPS) is 14.0. The highest BCUT2D eigenvalue weighted by atomic mass is 31.2. The molecule has 3 N–H and O–H groups in total. The van der Waals surface area contributed by atoms with E-state index in [2.05, 4.69) is 41.5 Å². The summed E-state index contributed by atoms with van der Waals surface area (Å²) in [5.41, 5.74) is 0. The molecule has 0 rings (SSSR count). The van der Waals surface area contributed by atoms with Crippen molar-refractivity contribution >= 4 is 39.5 Å². The number of rotatable bonds is 77. The lowest BCUT2D eigenvalue weighted by Crippen LogP contribution is -2.30. The van der Waals surface area contributed by atoms with Crippen molar-refractivity contribution in [3.63, 3.8) is 0 Å².